The highest BCUT2D eigenvalue weighted by Gasteiger charge is 2.52. The molecule has 2 N–H and O–H groups in total. The summed E-state index contributed by atoms with van der Waals surface area (Å²) in [6.45, 7) is 3.27. The largest absolute Gasteiger partial charge is 0.478 e. The fourth-order valence-electron chi connectivity index (χ4n) is 5.56. The molecule has 0 radical (unpaired) electrons. The van der Waals surface area contributed by atoms with Crippen LogP contribution in [0.25, 0.3) is 0 Å². The number of hydrogen-bond acceptors (Lipinski definition) is 5. The number of likely N-dealkylation sites (tertiary alicyclic amines) is 1. The molecule has 3 fully saturated rings. The quantitative estimate of drug-likeness (QED) is 0.546. The van der Waals surface area contributed by atoms with E-state index in [4.69, 9.17) is 21.1 Å². The van der Waals surface area contributed by atoms with E-state index in [9.17, 15) is 14.7 Å². The van der Waals surface area contributed by atoms with Crippen LogP contribution in [-0.4, -0.2) is 59.8 Å². The summed E-state index contributed by atoms with van der Waals surface area (Å²) in [6.07, 6.45) is 4.95. The number of aromatic carboxylic acids is 1. The Hall–Kier alpha value is -2.45. The Morgan fingerprint density at radius 2 is 1.75 bits per heavy atom. The highest BCUT2D eigenvalue weighted by Crippen LogP contribution is 2.46. The summed E-state index contributed by atoms with van der Waals surface area (Å²) in [5.74, 6) is -0.888. The number of nitrogens with zero attached hydrogens (tertiary/aromatic N) is 1. The number of ether oxygens (including phenoxy) is 2. The van der Waals surface area contributed by atoms with Gasteiger partial charge in [-0.2, -0.15) is 0 Å². The topological polar surface area (TPSA) is 88.1 Å². The minimum atomic E-state index is -0.948. The van der Waals surface area contributed by atoms with Crippen molar-refractivity contribution in [2.24, 2.45) is 0 Å². The Morgan fingerprint density at radius 1 is 1.06 bits per heavy atom. The van der Waals surface area contributed by atoms with E-state index in [1.807, 2.05) is 36.4 Å². The molecule has 0 atom stereocenters. The number of rotatable bonds is 8. The van der Waals surface area contributed by atoms with E-state index in [2.05, 4.69) is 10.2 Å². The van der Waals surface area contributed by atoms with Crippen LogP contribution >= 0.6 is 11.6 Å². The fourth-order valence-corrected chi connectivity index (χ4v) is 5.78. The van der Waals surface area contributed by atoms with Crippen LogP contribution in [0, 0.1) is 0 Å². The minimum absolute atomic E-state index is 0.0592. The van der Waals surface area contributed by atoms with Crippen molar-refractivity contribution in [1.82, 2.24) is 10.2 Å². The summed E-state index contributed by atoms with van der Waals surface area (Å²) in [4.78, 5) is 27.5. The number of carboxylic acid groups (broad SMARTS) is 1. The van der Waals surface area contributed by atoms with E-state index in [0.29, 0.717) is 37.7 Å². The second-order valence-electron chi connectivity index (χ2n) is 10.2. The third-order valence-corrected chi connectivity index (χ3v) is 8.19. The molecule has 192 valence electrons. The molecule has 0 unspecified atom stereocenters. The third-order valence-electron chi connectivity index (χ3n) is 7.95. The molecule has 0 bridgehead atoms. The smallest absolute Gasteiger partial charge is 0.335 e. The van der Waals surface area contributed by atoms with Gasteiger partial charge >= 0.3 is 5.97 Å². The molecule has 3 aliphatic rings. The number of hydrogen-bond donors (Lipinski definition) is 2. The number of carboxylic acids is 1. The zero-order chi connectivity index (χ0) is 25.2. The molecule has 2 saturated heterocycles. The van der Waals surface area contributed by atoms with Crippen molar-refractivity contribution in [3.63, 3.8) is 0 Å². The zero-order valence-corrected chi connectivity index (χ0v) is 21.1. The van der Waals surface area contributed by atoms with Crippen LogP contribution in [0.2, 0.25) is 5.02 Å². The summed E-state index contributed by atoms with van der Waals surface area (Å²) in [7, 11) is 0. The van der Waals surface area contributed by atoms with Crippen LogP contribution in [0.5, 0.6) is 0 Å². The first kappa shape index (κ1) is 25.2. The van der Waals surface area contributed by atoms with Crippen LogP contribution in [0.15, 0.2) is 48.5 Å². The van der Waals surface area contributed by atoms with Crippen LogP contribution in [-0.2, 0) is 26.4 Å². The van der Waals surface area contributed by atoms with E-state index in [1.165, 1.54) is 0 Å². The first-order valence-corrected chi connectivity index (χ1v) is 13.1. The molecule has 5 rings (SSSR count). The van der Waals surface area contributed by atoms with Gasteiger partial charge in [0.25, 0.3) is 0 Å². The molecule has 2 aromatic rings. The van der Waals surface area contributed by atoms with Crippen LogP contribution in [0.3, 0.4) is 0 Å². The number of benzene rings is 2. The lowest BCUT2D eigenvalue weighted by molar-refractivity contribution is -0.145. The zero-order valence-electron chi connectivity index (χ0n) is 20.4. The average Bonchev–Trinajstić information content (AvgIpc) is 3.69. The molecule has 2 aromatic carbocycles. The summed E-state index contributed by atoms with van der Waals surface area (Å²) in [5, 5.41) is 13.3. The predicted molar refractivity (Wildman–Crippen MR) is 136 cm³/mol. The molecule has 2 heterocycles. The van der Waals surface area contributed by atoms with Gasteiger partial charge in [0.15, 0.2) is 0 Å². The molecule has 8 heteroatoms. The number of carbonyl (C=O) groups is 2. The normalized spacial score (nSPS) is 21.6. The van der Waals surface area contributed by atoms with Gasteiger partial charge in [0, 0.05) is 31.3 Å². The van der Waals surface area contributed by atoms with E-state index in [1.54, 1.807) is 12.1 Å². The molecular formula is C28H33ClN2O5. The first-order chi connectivity index (χ1) is 17.4. The van der Waals surface area contributed by atoms with Gasteiger partial charge in [-0.3, -0.25) is 9.69 Å². The molecule has 0 spiro atoms. The predicted octanol–water partition coefficient (Wildman–Crippen LogP) is 4.37. The van der Waals surface area contributed by atoms with Gasteiger partial charge in [-0.25, -0.2) is 4.79 Å². The fraction of sp³-hybridized carbons (Fsp3) is 0.500. The van der Waals surface area contributed by atoms with Crippen LogP contribution in [0.1, 0.15) is 60.0 Å². The maximum atomic E-state index is 13.9. The van der Waals surface area contributed by atoms with Gasteiger partial charge < -0.3 is 19.9 Å². The van der Waals surface area contributed by atoms with Crippen LogP contribution < -0.4 is 5.32 Å². The second kappa shape index (κ2) is 10.5. The maximum Gasteiger partial charge on any atom is 0.335 e. The standard InChI is InChI=1S/C28H33ClN2O5/c29-23-3-1-2-20(18-23)19-36-24-8-14-31(15-9-24)28(12-16-35-17-13-28)26(34)30-27(10-11-27)22-6-4-21(5-7-22)25(32)33/h1-7,18,24H,8-17,19H2,(H,30,34)(H,32,33). The Morgan fingerprint density at radius 3 is 2.36 bits per heavy atom. The van der Waals surface area contributed by atoms with E-state index in [-0.39, 0.29) is 17.6 Å². The number of nitrogens with one attached hydrogen (secondary N) is 1. The maximum absolute atomic E-state index is 13.9. The van der Waals surface area contributed by atoms with Crippen LogP contribution in [0.4, 0.5) is 0 Å². The molecule has 1 aliphatic carbocycles. The lowest BCUT2D eigenvalue weighted by Crippen LogP contribution is -2.64. The summed E-state index contributed by atoms with van der Waals surface area (Å²) >= 11 is 6.09. The SMILES string of the molecule is O=C(O)c1ccc(C2(NC(=O)C3(N4CCC(OCc5cccc(Cl)c5)CC4)CCOCC3)CC2)cc1. The van der Waals surface area contributed by atoms with Crippen molar-refractivity contribution in [2.75, 3.05) is 26.3 Å². The Labute approximate surface area is 216 Å². The molecule has 1 saturated carbocycles. The van der Waals surface area contributed by atoms with Crippen molar-refractivity contribution in [2.45, 2.75) is 62.3 Å². The number of carbonyl (C=O) groups excluding carboxylic acids is 1. The van der Waals surface area contributed by atoms with Gasteiger partial charge in [-0.15, -0.1) is 0 Å². The summed E-state index contributed by atoms with van der Waals surface area (Å²) in [5.41, 5.74) is 1.29. The first-order valence-electron chi connectivity index (χ1n) is 12.8. The molecule has 0 aromatic heterocycles. The molecular weight excluding hydrogens is 480 g/mol. The monoisotopic (exact) mass is 512 g/mol. The number of amides is 1. The van der Waals surface area contributed by atoms with E-state index >= 15 is 0 Å². The van der Waals surface area contributed by atoms with Crippen molar-refractivity contribution in [1.29, 1.82) is 0 Å². The van der Waals surface area contributed by atoms with Gasteiger partial charge in [0.05, 0.1) is 23.8 Å². The number of halogens is 1. The highest BCUT2D eigenvalue weighted by atomic mass is 35.5. The summed E-state index contributed by atoms with van der Waals surface area (Å²) < 4.78 is 11.8. The van der Waals surface area contributed by atoms with Gasteiger partial charge in [-0.1, -0.05) is 35.9 Å². The van der Waals surface area contributed by atoms with Gasteiger partial charge in [0.2, 0.25) is 5.91 Å². The lowest BCUT2D eigenvalue weighted by Gasteiger charge is -2.48. The van der Waals surface area contributed by atoms with Crippen molar-refractivity contribution < 1.29 is 24.2 Å². The van der Waals surface area contributed by atoms with Gasteiger partial charge in [-0.05, 0) is 73.9 Å². The van der Waals surface area contributed by atoms with Crippen molar-refractivity contribution in [3.8, 4) is 0 Å². The Kier molecular flexibility index (Phi) is 7.35. The van der Waals surface area contributed by atoms with Crippen molar-refractivity contribution in [3.05, 3.63) is 70.2 Å². The minimum Gasteiger partial charge on any atom is -0.478 e. The number of piperidine rings is 1. The van der Waals surface area contributed by atoms with E-state index < -0.39 is 17.0 Å². The highest BCUT2D eigenvalue weighted by molar-refractivity contribution is 6.30. The lowest BCUT2D eigenvalue weighted by atomic mass is 9.84. The third kappa shape index (κ3) is 5.30. The summed E-state index contributed by atoms with van der Waals surface area (Å²) in [6, 6.07) is 14.6. The second-order valence-corrected chi connectivity index (χ2v) is 10.6. The average molecular weight is 513 g/mol. The Balaban J connectivity index is 1.23. The molecule has 7 nitrogen and oxygen atoms in total. The Bertz CT molecular complexity index is 1090. The van der Waals surface area contributed by atoms with Gasteiger partial charge in [0.1, 0.15) is 5.54 Å². The molecule has 36 heavy (non-hydrogen) atoms. The molecule has 2 aliphatic heterocycles. The molecule has 1 amide bonds. The van der Waals surface area contributed by atoms with Crippen molar-refractivity contribution >= 4 is 23.5 Å². The van der Waals surface area contributed by atoms with E-state index in [0.717, 1.165) is 49.9 Å².